The van der Waals surface area contributed by atoms with Gasteiger partial charge in [-0.25, -0.2) is 0 Å². The number of hydrogen-bond donors (Lipinski definition) is 2. The molecule has 2 fully saturated rings. The van der Waals surface area contributed by atoms with Crippen molar-refractivity contribution in [2.75, 3.05) is 20.5 Å². The first kappa shape index (κ1) is 10.3. The molecule has 0 saturated carbocycles. The molecule has 0 aliphatic carbocycles. The van der Waals surface area contributed by atoms with E-state index in [1.165, 1.54) is 7.11 Å². The van der Waals surface area contributed by atoms with Crippen LogP contribution in [0.3, 0.4) is 0 Å². The van der Waals surface area contributed by atoms with Gasteiger partial charge in [0.2, 0.25) is 0 Å². The lowest BCUT2D eigenvalue weighted by molar-refractivity contribution is -0.334. The van der Waals surface area contributed by atoms with Gasteiger partial charge < -0.3 is 29.2 Å². The summed E-state index contributed by atoms with van der Waals surface area (Å²) in [5.74, 6) is 0. The topological polar surface area (TPSA) is 77.4 Å². The first-order chi connectivity index (χ1) is 6.74. The van der Waals surface area contributed by atoms with Crippen molar-refractivity contribution in [2.45, 2.75) is 30.7 Å². The van der Waals surface area contributed by atoms with Crippen molar-refractivity contribution in [1.82, 2.24) is 0 Å². The highest BCUT2D eigenvalue weighted by molar-refractivity contribution is 4.91. The fourth-order valence-corrected chi connectivity index (χ4v) is 1.73. The number of hydrogen-bond acceptors (Lipinski definition) is 6. The van der Waals surface area contributed by atoms with E-state index in [0.717, 1.165) is 0 Å². The Morgan fingerprint density at radius 2 is 2.07 bits per heavy atom. The third kappa shape index (κ3) is 1.65. The van der Waals surface area contributed by atoms with Gasteiger partial charge in [-0.3, -0.25) is 0 Å². The van der Waals surface area contributed by atoms with Gasteiger partial charge in [-0.2, -0.15) is 0 Å². The van der Waals surface area contributed by atoms with Crippen molar-refractivity contribution in [2.24, 2.45) is 0 Å². The largest absolute Gasteiger partial charge is 0.387 e. The Kier molecular flexibility index (Phi) is 3.01. The van der Waals surface area contributed by atoms with Gasteiger partial charge in [0.25, 0.3) is 0 Å². The van der Waals surface area contributed by atoms with Crippen LogP contribution in [0.25, 0.3) is 0 Å². The zero-order valence-corrected chi connectivity index (χ0v) is 7.83. The van der Waals surface area contributed by atoms with Crippen LogP contribution in [0.5, 0.6) is 0 Å². The van der Waals surface area contributed by atoms with Crippen LogP contribution in [0.15, 0.2) is 0 Å². The van der Waals surface area contributed by atoms with E-state index in [1.54, 1.807) is 0 Å². The Morgan fingerprint density at radius 1 is 1.29 bits per heavy atom. The molecule has 2 aliphatic rings. The lowest BCUT2D eigenvalue weighted by Gasteiger charge is -2.43. The van der Waals surface area contributed by atoms with Gasteiger partial charge in [-0.05, 0) is 0 Å². The van der Waals surface area contributed by atoms with Gasteiger partial charge in [0.1, 0.15) is 31.2 Å². The fourth-order valence-electron chi connectivity index (χ4n) is 1.73. The normalized spacial score (nSPS) is 48.6. The monoisotopic (exact) mass is 206 g/mol. The molecule has 0 aromatic heterocycles. The summed E-state index contributed by atoms with van der Waals surface area (Å²) in [6, 6.07) is 0. The molecule has 2 heterocycles. The molecule has 0 bridgehead atoms. The number of rotatable bonds is 1. The molecule has 6 heteroatoms. The molecule has 6 nitrogen and oxygen atoms in total. The molecule has 3 unspecified atom stereocenters. The quantitative estimate of drug-likeness (QED) is 0.541. The fraction of sp³-hybridized carbons (Fsp3) is 1.00. The average Bonchev–Trinajstić information content (AvgIpc) is 2.23. The molecule has 5 atom stereocenters. The van der Waals surface area contributed by atoms with Gasteiger partial charge in [0.15, 0.2) is 6.29 Å². The third-order valence-electron chi connectivity index (χ3n) is 2.50. The zero-order chi connectivity index (χ0) is 10.1. The summed E-state index contributed by atoms with van der Waals surface area (Å²) in [6.45, 7) is 0.459. The molecular weight excluding hydrogens is 192 g/mol. The second kappa shape index (κ2) is 4.09. The Bertz CT molecular complexity index is 196. The number of ether oxygens (including phenoxy) is 4. The molecule has 2 N–H and O–H groups in total. The van der Waals surface area contributed by atoms with E-state index in [2.05, 4.69) is 0 Å². The maximum absolute atomic E-state index is 9.68. The average molecular weight is 206 g/mol. The summed E-state index contributed by atoms with van der Waals surface area (Å²) in [4.78, 5) is 0. The lowest BCUT2D eigenvalue weighted by atomic mass is 9.99. The van der Waals surface area contributed by atoms with E-state index in [9.17, 15) is 10.2 Å². The van der Waals surface area contributed by atoms with E-state index in [4.69, 9.17) is 18.9 Å². The molecule has 0 radical (unpaired) electrons. The highest BCUT2D eigenvalue weighted by Gasteiger charge is 2.46. The molecule has 14 heavy (non-hydrogen) atoms. The molecular formula is C8H14O6. The van der Waals surface area contributed by atoms with Crippen LogP contribution in [-0.4, -0.2) is 61.4 Å². The van der Waals surface area contributed by atoms with Crippen molar-refractivity contribution in [3.8, 4) is 0 Å². The van der Waals surface area contributed by atoms with Gasteiger partial charge in [0.05, 0.1) is 6.61 Å². The Balaban J connectivity index is 2.07. The van der Waals surface area contributed by atoms with Crippen LogP contribution in [-0.2, 0) is 18.9 Å². The van der Waals surface area contributed by atoms with Crippen molar-refractivity contribution >= 4 is 0 Å². The molecule has 0 aromatic rings. The van der Waals surface area contributed by atoms with E-state index in [-0.39, 0.29) is 12.9 Å². The maximum Gasteiger partial charge on any atom is 0.186 e. The number of fused-ring (bicyclic) bond motifs is 1. The summed E-state index contributed by atoms with van der Waals surface area (Å²) in [6.07, 6.45) is -3.82. The van der Waals surface area contributed by atoms with Crippen LogP contribution in [0.4, 0.5) is 0 Å². The predicted molar refractivity (Wildman–Crippen MR) is 43.4 cm³/mol. The van der Waals surface area contributed by atoms with Gasteiger partial charge in [-0.15, -0.1) is 0 Å². The van der Waals surface area contributed by atoms with Gasteiger partial charge in [-0.1, -0.05) is 0 Å². The number of aliphatic hydroxyl groups excluding tert-OH is 2. The third-order valence-corrected chi connectivity index (χ3v) is 2.50. The molecule has 2 rings (SSSR count). The van der Waals surface area contributed by atoms with Crippen molar-refractivity contribution in [1.29, 1.82) is 0 Å². The summed E-state index contributed by atoms with van der Waals surface area (Å²) in [7, 11) is 1.41. The highest BCUT2D eigenvalue weighted by atomic mass is 16.7. The van der Waals surface area contributed by atoms with E-state index >= 15 is 0 Å². The summed E-state index contributed by atoms with van der Waals surface area (Å²) in [5.41, 5.74) is 0. The van der Waals surface area contributed by atoms with Crippen molar-refractivity contribution in [3.63, 3.8) is 0 Å². The molecule has 2 aliphatic heterocycles. The zero-order valence-electron chi connectivity index (χ0n) is 7.83. The minimum absolute atomic E-state index is 0.117. The van der Waals surface area contributed by atoms with Gasteiger partial charge >= 0.3 is 0 Å². The molecule has 0 amide bonds. The Labute approximate surface area is 81.3 Å². The molecule has 0 aromatic carbocycles. The highest BCUT2D eigenvalue weighted by Crippen LogP contribution is 2.26. The van der Waals surface area contributed by atoms with Gasteiger partial charge in [0, 0.05) is 7.11 Å². The van der Waals surface area contributed by atoms with Crippen LogP contribution in [0.1, 0.15) is 0 Å². The lowest BCUT2D eigenvalue weighted by Crippen LogP contribution is -2.61. The molecule has 82 valence electrons. The molecule has 0 spiro atoms. The van der Waals surface area contributed by atoms with E-state index in [0.29, 0.717) is 6.61 Å². The van der Waals surface area contributed by atoms with E-state index < -0.39 is 24.6 Å². The summed E-state index contributed by atoms with van der Waals surface area (Å²) in [5, 5.41) is 19.2. The van der Waals surface area contributed by atoms with Crippen LogP contribution in [0.2, 0.25) is 0 Å². The Hall–Kier alpha value is -0.240. The maximum atomic E-state index is 9.68. The second-order valence-electron chi connectivity index (χ2n) is 3.38. The van der Waals surface area contributed by atoms with Crippen LogP contribution >= 0.6 is 0 Å². The summed E-state index contributed by atoms with van der Waals surface area (Å²) >= 11 is 0. The second-order valence-corrected chi connectivity index (χ2v) is 3.38. The Morgan fingerprint density at radius 3 is 2.79 bits per heavy atom. The van der Waals surface area contributed by atoms with Crippen LogP contribution in [0, 0.1) is 0 Å². The van der Waals surface area contributed by atoms with E-state index in [1.807, 2.05) is 0 Å². The standard InChI is InChI=1S/C8H14O6/c1-11-8-6(10)5(9)7-4(14-8)2-12-3-13-7/h4-10H,2-3H2,1H3/t4?,5?,6?,7-,8+/m1/s1. The van der Waals surface area contributed by atoms with Crippen molar-refractivity contribution < 1.29 is 29.2 Å². The summed E-state index contributed by atoms with van der Waals surface area (Å²) < 4.78 is 20.4. The number of aliphatic hydroxyl groups is 2. The minimum atomic E-state index is -1.08. The molecule has 2 saturated heterocycles. The smallest absolute Gasteiger partial charge is 0.186 e. The first-order valence-corrected chi connectivity index (χ1v) is 4.48. The SMILES string of the molecule is CO[C@H]1OC2COCO[C@H]2C(O)C1O. The van der Waals surface area contributed by atoms with Crippen molar-refractivity contribution in [3.05, 3.63) is 0 Å². The minimum Gasteiger partial charge on any atom is -0.387 e. The van der Waals surface area contributed by atoms with Crippen LogP contribution < -0.4 is 0 Å². The predicted octanol–water partition coefficient (Wildman–Crippen LogP) is -1.55. The number of methoxy groups -OCH3 is 1. The first-order valence-electron chi connectivity index (χ1n) is 4.48.